The van der Waals surface area contributed by atoms with E-state index in [4.69, 9.17) is 4.74 Å². The molecule has 0 aromatic heterocycles. The minimum Gasteiger partial charge on any atom is -0.499 e. The van der Waals surface area contributed by atoms with Gasteiger partial charge in [-0.15, -0.1) is 0 Å². The number of hydrogen-bond donors (Lipinski definition) is 0. The van der Waals surface area contributed by atoms with Crippen LogP contribution in [0.15, 0.2) is 36.1 Å². The summed E-state index contributed by atoms with van der Waals surface area (Å²) in [6, 6.07) is 10.2. The summed E-state index contributed by atoms with van der Waals surface area (Å²) < 4.78 is 5.31. The molecule has 0 saturated carbocycles. The molecule has 0 bridgehead atoms. The first-order valence-corrected chi connectivity index (χ1v) is 4.19. The third kappa shape index (κ3) is 2.79. The Morgan fingerprint density at radius 1 is 1.33 bits per heavy atom. The maximum Gasteiger partial charge on any atom is 0.0934 e. The highest BCUT2D eigenvalue weighted by molar-refractivity contribution is 5.50. The molecular weight excluding hydrogens is 148 g/mol. The van der Waals surface area contributed by atoms with Crippen LogP contribution >= 0.6 is 0 Å². The van der Waals surface area contributed by atoms with Gasteiger partial charge in [-0.1, -0.05) is 30.3 Å². The Bertz CT molecular complexity index is 249. The van der Waals surface area contributed by atoms with Crippen LogP contribution in [-0.2, 0) is 4.74 Å². The van der Waals surface area contributed by atoms with Crippen LogP contribution in [0.5, 0.6) is 0 Å². The van der Waals surface area contributed by atoms with Crippen LogP contribution in [0.3, 0.4) is 0 Å². The van der Waals surface area contributed by atoms with E-state index in [1.54, 1.807) is 0 Å². The summed E-state index contributed by atoms with van der Waals surface area (Å²) in [5.74, 6) is 0.962. The van der Waals surface area contributed by atoms with Gasteiger partial charge < -0.3 is 4.74 Å². The van der Waals surface area contributed by atoms with Crippen LogP contribution in [0, 0.1) is 0 Å². The van der Waals surface area contributed by atoms with Crippen molar-refractivity contribution in [2.75, 3.05) is 6.61 Å². The summed E-state index contributed by atoms with van der Waals surface area (Å²) in [5.41, 5.74) is 1.18. The van der Waals surface area contributed by atoms with Crippen molar-refractivity contribution in [3.05, 3.63) is 41.7 Å². The molecule has 1 aromatic rings. The van der Waals surface area contributed by atoms with Gasteiger partial charge in [0.25, 0.3) is 0 Å². The second-order valence-corrected chi connectivity index (χ2v) is 2.60. The molecule has 12 heavy (non-hydrogen) atoms. The van der Waals surface area contributed by atoms with E-state index in [-0.39, 0.29) is 0 Å². The number of hydrogen-bond acceptors (Lipinski definition) is 1. The largest absolute Gasteiger partial charge is 0.499 e. The van der Waals surface area contributed by atoms with E-state index < -0.39 is 0 Å². The van der Waals surface area contributed by atoms with Crippen LogP contribution in [0.4, 0.5) is 0 Å². The molecule has 0 heterocycles. The Morgan fingerprint density at radius 3 is 2.58 bits per heavy atom. The summed E-state index contributed by atoms with van der Waals surface area (Å²) in [6.45, 7) is 4.69. The molecule has 0 unspecified atom stereocenters. The highest BCUT2D eigenvalue weighted by Gasteiger charge is 1.88. The molecule has 1 aromatic carbocycles. The van der Waals surface area contributed by atoms with Gasteiger partial charge in [0.2, 0.25) is 0 Å². The third-order valence-electron chi connectivity index (χ3n) is 1.54. The molecule has 0 amide bonds. The molecule has 0 fully saturated rings. The van der Waals surface area contributed by atoms with Crippen molar-refractivity contribution in [1.29, 1.82) is 0 Å². The van der Waals surface area contributed by atoms with Gasteiger partial charge in [0.1, 0.15) is 0 Å². The van der Waals surface area contributed by atoms with Crippen molar-refractivity contribution < 1.29 is 4.74 Å². The molecule has 0 aliphatic rings. The zero-order chi connectivity index (χ0) is 8.81. The average molecular weight is 162 g/mol. The Morgan fingerprint density at radius 2 is 2.00 bits per heavy atom. The lowest BCUT2D eigenvalue weighted by Crippen LogP contribution is -1.85. The topological polar surface area (TPSA) is 9.23 Å². The lowest BCUT2D eigenvalue weighted by molar-refractivity contribution is 0.235. The van der Waals surface area contributed by atoms with Crippen molar-refractivity contribution >= 4 is 6.08 Å². The third-order valence-corrected chi connectivity index (χ3v) is 1.54. The van der Waals surface area contributed by atoms with Crippen LogP contribution in [0.25, 0.3) is 6.08 Å². The fourth-order valence-electron chi connectivity index (χ4n) is 1.05. The maximum atomic E-state index is 5.31. The van der Waals surface area contributed by atoms with Gasteiger partial charge >= 0.3 is 0 Å². The van der Waals surface area contributed by atoms with Crippen LogP contribution < -0.4 is 0 Å². The molecule has 0 aliphatic heterocycles. The quantitative estimate of drug-likeness (QED) is 0.620. The van der Waals surface area contributed by atoms with Gasteiger partial charge in [-0.05, 0) is 25.5 Å². The summed E-state index contributed by atoms with van der Waals surface area (Å²) in [5, 5.41) is 0. The molecule has 0 aliphatic carbocycles. The molecule has 1 heteroatoms. The Hall–Kier alpha value is -1.24. The summed E-state index contributed by atoms with van der Waals surface area (Å²) in [7, 11) is 0. The number of rotatable bonds is 3. The van der Waals surface area contributed by atoms with E-state index in [1.807, 2.05) is 38.1 Å². The summed E-state index contributed by atoms with van der Waals surface area (Å²) in [6.07, 6.45) is 2.03. The van der Waals surface area contributed by atoms with Crippen molar-refractivity contribution in [3.8, 4) is 0 Å². The molecule has 1 nitrogen and oxygen atoms in total. The Kier molecular flexibility index (Phi) is 3.39. The average Bonchev–Trinajstić information content (AvgIpc) is 2.06. The van der Waals surface area contributed by atoms with E-state index in [0.717, 1.165) is 12.4 Å². The van der Waals surface area contributed by atoms with Gasteiger partial charge in [-0.3, -0.25) is 0 Å². The van der Waals surface area contributed by atoms with Gasteiger partial charge in [-0.2, -0.15) is 0 Å². The second kappa shape index (κ2) is 4.60. The smallest absolute Gasteiger partial charge is 0.0934 e. The van der Waals surface area contributed by atoms with Crippen molar-refractivity contribution in [1.82, 2.24) is 0 Å². The van der Waals surface area contributed by atoms with E-state index in [2.05, 4.69) is 12.1 Å². The Balaban J connectivity index is 2.67. The molecule has 0 spiro atoms. The summed E-state index contributed by atoms with van der Waals surface area (Å²) in [4.78, 5) is 0. The highest BCUT2D eigenvalue weighted by Crippen LogP contribution is 2.06. The molecule has 64 valence electrons. The van der Waals surface area contributed by atoms with Crippen LogP contribution in [-0.4, -0.2) is 6.61 Å². The SMILES string of the molecule is CCOC(C)=Cc1ccccc1. The minimum absolute atomic E-state index is 0.731. The first-order chi connectivity index (χ1) is 5.83. The standard InChI is InChI=1S/C11H14O/c1-3-12-10(2)9-11-7-5-4-6-8-11/h4-9H,3H2,1-2H3. The first-order valence-electron chi connectivity index (χ1n) is 4.19. The second-order valence-electron chi connectivity index (χ2n) is 2.60. The predicted molar refractivity (Wildman–Crippen MR) is 51.7 cm³/mol. The zero-order valence-electron chi connectivity index (χ0n) is 7.58. The molecule has 0 saturated heterocycles. The minimum atomic E-state index is 0.731. The van der Waals surface area contributed by atoms with Crippen molar-refractivity contribution in [3.63, 3.8) is 0 Å². The van der Waals surface area contributed by atoms with E-state index in [0.29, 0.717) is 0 Å². The number of benzene rings is 1. The van der Waals surface area contributed by atoms with Gasteiger partial charge in [0.05, 0.1) is 12.4 Å². The van der Waals surface area contributed by atoms with Crippen LogP contribution in [0.2, 0.25) is 0 Å². The molecular formula is C11H14O. The summed E-state index contributed by atoms with van der Waals surface area (Å²) >= 11 is 0. The fraction of sp³-hybridized carbons (Fsp3) is 0.273. The molecule has 0 N–H and O–H groups in total. The fourth-order valence-corrected chi connectivity index (χ4v) is 1.05. The van der Waals surface area contributed by atoms with Crippen molar-refractivity contribution in [2.45, 2.75) is 13.8 Å². The van der Waals surface area contributed by atoms with Gasteiger partial charge in [0.15, 0.2) is 0 Å². The zero-order valence-corrected chi connectivity index (χ0v) is 7.58. The lowest BCUT2D eigenvalue weighted by atomic mass is 10.2. The molecule has 0 radical (unpaired) electrons. The van der Waals surface area contributed by atoms with Crippen LogP contribution in [0.1, 0.15) is 19.4 Å². The maximum absolute atomic E-state index is 5.31. The number of allylic oxidation sites excluding steroid dienone is 1. The first kappa shape index (κ1) is 8.85. The number of ether oxygens (including phenoxy) is 1. The van der Waals surface area contributed by atoms with E-state index in [9.17, 15) is 0 Å². The van der Waals surface area contributed by atoms with E-state index in [1.165, 1.54) is 5.56 Å². The van der Waals surface area contributed by atoms with E-state index >= 15 is 0 Å². The normalized spacial score (nSPS) is 11.3. The lowest BCUT2D eigenvalue weighted by Gasteiger charge is -2.01. The van der Waals surface area contributed by atoms with Gasteiger partial charge in [-0.25, -0.2) is 0 Å². The van der Waals surface area contributed by atoms with Crippen molar-refractivity contribution in [2.24, 2.45) is 0 Å². The predicted octanol–water partition coefficient (Wildman–Crippen LogP) is 3.08. The Labute approximate surface area is 73.7 Å². The molecule has 1 rings (SSSR count). The van der Waals surface area contributed by atoms with Gasteiger partial charge in [0, 0.05) is 0 Å². The highest BCUT2D eigenvalue weighted by atomic mass is 16.5. The monoisotopic (exact) mass is 162 g/mol. The molecule has 0 atom stereocenters.